The topological polar surface area (TPSA) is 205 Å². The Kier molecular flexibility index (Phi) is 9.56. The van der Waals surface area contributed by atoms with Crippen molar-refractivity contribution in [3.05, 3.63) is 23.8 Å². The van der Waals surface area contributed by atoms with E-state index in [0.717, 1.165) is 20.8 Å². The standard InChI is InChI=1S/C31H42O14/c1-14(2)10-22(35)40-12-19-8-9-20(42-16(4)32)29(7)24(30(13-41-30)26(37)23(25(29)36)43-17(5)33)27(44-18(6)34)31(39)15(3)28(38)45-21(31)11-19/h8-9,11,14-15,20-21,23-27,36-37,39H,10,12-13H2,1-7H3/b9-8-,19-11+/t15-,20-,21-,23+,24+,25-,26+,27-,29+,30-,31-/m0/s1. The third-order valence-corrected chi connectivity index (χ3v) is 9.27. The van der Waals surface area contributed by atoms with Crippen molar-refractivity contribution in [3.63, 3.8) is 0 Å². The minimum atomic E-state index is -2.35. The normalized spacial score (nSPS) is 42.3. The molecule has 0 radical (unpaired) electrons. The van der Waals surface area contributed by atoms with Gasteiger partial charge in [-0.2, -0.15) is 0 Å². The lowest BCUT2D eigenvalue weighted by atomic mass is 9.51. The highest BCUT2D eigenvalue weighted by atomic mass is 16.6. The predicted molar refractivity (Wildman–Crippen MR) is 151 cm³/mol. The van der Waals surface area contributed by atoms with Gasteiger partial charge in [0.1, 0.15) is 36.6 Å². The number of rotatable bonds is 7. The summed E-state index contributed by atoms with van der Waals surface area (Å²) in [6.07, 6.45) is -5.42. The van der Waals surface area contributed by atoms with E-state index in [4.69, 9.17) is 28.4 Å². The molecular formula is C31H42O14. The lowest BCUT2D eigenvalue weighted by molar-refractivity contribution is -0.273. The smallest absolute Gasteiger partial charge is 0.312 e. The van der Waals surface area contributed by atoms with E-state index in [1.54, 1.807) is 0 Å². The van der Waals surface area contributed by atoms with Crippen molar-refractivity contribution in [1.82, 2.24) is 0 Å². The van der Waals surface area contributed by atoms with Crippen LogP contribution in [0, 0.1) is 23.2 Å². The molecule has 2 saturated heterocycles. The van der Waals surface area contributed by atoms with Crippen LogP contribution in [0.1, 0.15) is 54.9 Å². The van der Waals surface area contributed by atoms with Crippen molar-refractivity contribution < 1.29 is 67.7 Å². The number of aliphatic hydroxyl groups excluding tert-OH is 2. The van der Waals surface area contributed by atoms with E-state index in [1.807, 2.05) is 13.8 Å². The summed E-state index contributed by atoms with van der Waals surface area (Å²) in [6.45, 7) is 9.27. The van der Waals surface area contributed by atoms with Crippen molar-refractivity contribution in [3.8, 4) is 0 Å². The molecule has 2 aliphatic heterocycles. The van der Waals surface area contributed by atoms with Crippen LogP contribution in [0.15, 0.2) is 23.8 Å². The van der Waals surface area contributed by atoms with Gasteiger partial charge in [0, 0.05) is 38.5 Å². The molecule has 14 heteroatoms. The minimum absolute atomic E-state index is 0.00721. The van der Waals surface area contributed by atoms with Gasteiger partial charge in [-0.05, 0) is 30.6 Å². The quantitative estimate of drug-likeness (QED) is 0.195. The molecule has 4 aliphatic rings. The first-order valence-electron chi connectivity index (χ1n) is 14.9. The predicted octanol–water partition coefficient (Wildman–Crippen LogP) is 0.287. The Balaban J connectivity index is 1.99. The minimum Gasteiger partial charge on any atom is -0.461 e. The van der Waals surface area contributed by atoms with E-state index in [2.05, 4.69) is 0 Å². The van der Waals surface area contributed by atoms with Gasteiger partial charge in [0.15, 0.2) is 17.8 Å². The van der Waals surface area contributed by atoms with Gasteiger partial charge in [0.2, 0.25) is 0 Å². The molecule has 45 heavy (non-hydrogen) atoms. The van der Waals surface area contributed by atoms with Gasteiger partial charge in [-0.3, -0.25) is 24.0 Å². The largest absolute Gasteiger partial charge is 0.461 e. The van der Waals surface area contributed by atoms with E-state index in [0.29, 0.717) is 0 Å². The summed E-state index contributed by atoms with van der Waals surface area (Å²) in [4.78, 5) is 62.8. The fourth-order valence-corrected chi connectivity index (χ4v) is 6.99. The number of hydrogen-bond donors (Lipinski definition) is 3. The summed E-state index contributed by atoms with van der Waals surface area (Å²) in [7, 11) is 0. The van der Waals surface area contributed by atoms with E-state index in [1.165, 1.54) is 32.1 Å². The van der Waals surface area contributed by atoms with Crippen molar-refractivity contribution in [2.45, 2.75) is 103 Å². The van der Waals surface area contributed by atoms with Gasteiger partial charge in [0.25, 0.3) is 0 Å². The molecule has 0 aromatic carbocycles. The molecule has 0 bridgehead atoms. The second kappa shape index (κ2) is 12.5. The highest BCUT2D eigenvalue weighted by Crippen LogP contribution is 2.61. The molecule has 2 heterocycles. The molecule has 14 nitrogen and oxygen atoms in total. The molecule has 0 aromatic heterocycles. The molecule has 1 spiro atoms. The molecule has 2 aliphatic carbocycles. The van der Waals surface area contributed by atoms with Gasteiger partial charge >= 0.3 is 29.8 Å². The molecule has 0 unspecified atom stereocenters. The Hall–Kier alpha value is -3.33. The zero-order valence-corrected chi connectivity index (χ0v) is 26.4. The summed E-state index contributed by atoms with van der Waals surface area (Å²) in [6, 6.07) is 0. The van der Waals surface area contributed by atoms with E-state index in [9.17, 15) is 39.3 Å². The molecule has 11 atom stereocenters. The maximum Gasteiger partial charge on any atom is 0.312 e. The molecule has 250 valence electrons. The SMILES string of the molecule is CC(=O)O[C@H]1[C@@H](O)[C@]2(CO2)[C@@H]2[C@H](OC(C)=O)[C@@]3(O)[C@H](/C=C(COC(=O)CC(C)C)\C=C/[C@H](OC(C)=O)[C@@]2(C)[C@H]1O)OC(=O)[C@@H]3C. The Morgan fingerprint density at radius 1 is 1.02 bits per heavy atom. The summed E-state index contributed by atoms with van der Waals surface area (Å²) < 4.78 is 33.8. The second-order valence-corrected chi connectivity index (χ2v) is 12.9. The number of hydrogen-bond acceptors (Lipinski definition) is 14. The van der Waals surface area contributed by atoms with Crippen molar-refractivity contribution in [1.29, 1.82) is 0 Å². The van der Waals surface area contributed by atoms with Crippen molar-refractivity contribution >= 4 is 29.8 Å². The third kappa shape index (κ3) is 6.12. The molecule has 1 saturated carbocycles. The average Bonchev–Trinajstić information content (AvgIpc) is 3.69. The Morgan fingerprint density at radius 2 is 1.62 bits per heavy atom. The van der Waals surface area contributed by atoms with Crippen LogP contribution >= 0.6 is 0 Å². The van der Waals surface area contributed by atoms with Gasteiger partial charge in [-0.1, -0.05) is 26.8 Å². The van der Waals surface area contributed by atoms with Crippen LogP contribution in [0.2, 0.25) is 0 Å². The fourth-order valence-electron chi connectivity index (χ4n) is 6.99. The number of carbonyl (C=O) groups excluding carboxylic acids is 5. The molecular weight excluding hydrogens is 596 g/mol. The third-order valence-electron chi connectivity index (χ3n) is 9.27. The Labute approximate surface area is 260 Å². The van der Waals surface area contributed by atoms with Gasteiger partial charge in [-0.25, -0.2) is 0 Å². The Morgan fingerprint density at radius 3 is 2.16 bits per heavy atom. The molecule has 3 N–H and O–H groups in total. The number of carbonyl (C=O) groups is 5. The lowest BCUT2D eigenvalue weighted by Gasteiger charge is -2.58. The van der Waals surface area contributed by atoms with Crippen LogP contribution < -0.4 is 0 Å². The average molecular weight is 639 g/mol. The zero-order valence-electron chi connectivity index (χ0n) is 26.4. The summed E-state index contributed by atoms with van der Waals surface area (Å²) in [5.41, 5.74) is -5.66. The monoisotopic (exact) mass is 638 g/mol. The summed E-state index contributed by atoms with van der Waals surface area (Å²) in [5, 5.41) is 36.1. The van der Waals surface area contributed by atoms with Crippen LogP contribution in [0.25, 0.3) is 0 Å². The van der Waals surface area contributed by atoms with E-state index in [-0.39, 0.29) is 31.1 Å². The summed E-state index contributed by atoms with van der Waals surface area (Å²) in [5.74, 6) is -6.56. The van der Waals surface area contributed by atoms with Gasteiger partial charge < -0.3 is 43.7 Å². The fraction of sp³-hybridized carbons (Fsp3) is 0.710. The number of aliphatic hydroxyl groups is 3. The highest BCUT2D eigenvalue weighted by molar-refractivity contribution is 5.78. The number of esters is 5. The van der Waals surface area contributed by atoms with Gasteiger partial charge in [-0.15, -0.1) is 0 Å². The number of epoxide rings is 1. The molecule has 4 rings (SSSR count). The van der Waals surface area contributed by atoms with Crippen LogP contribution in [0.5, 0.6) is 0 Å². The first kappa shape index (κ1) is 34.5. The number of ether oxygens (including phenoxy) is 6. The molecule has 3 fully saturated rings. The zero-order chi connectivity index (χ0) is 33.6. The molecule has 0 aromatic rings. The van der Waals surface area contributed by atoms with Crippen LogP contribution in [-0.4, -0.2) is 106 Å². The molecule has 0 amide bonds. The van der Waals surface area contributed by atoms with Crippen LogP contribution in [0.3, 0.4) is 0 Å². The van der Waals surface area contributed by atoms with Crippen molar-refractivity contribution in [2.75, 3.05) is 13.2 Å². The maximum atomic E-state index is 13.1. The lowest BCUT2D eigenvalue weighted by Crippen LogP contribution is -2.75. The number of fused-ring (bicyclic) bond motifs is 3. The van der Waals surface area contributed by atoms with Crippen LogP contribution in [0.4, 0.5) is 0 Å². The second-order valence-electron chi connectivity index (χ2n) is 12.9. The maximum absolute atomic E-state index is 13.1. The first-order valence-corrected chi connectivity index (χ1v) is 14.9. The van der Waals surface area contributed by atoms with Gasteiger partial charge in [0.05, 0.1) is 12.5 Å². The highest BCUT2D eigenvalue weighted by Gasteiger charge is 2.79. The summed E-state index contributed by atoms with van der Waals surface area (Å²) >= 11 is 0. The van der Waals surface area contributed by atoms with Crippen molar-refractivity contribution in [2.24, 2.45) is 23.2 Å². The first-order chi connectivity index (χ1) is 20.9. The van der Waals surface area contributed by atoms with Crippen LogP contribution in [-0.2, 0) is 52.4 Å². The Bertz CT molecular complexity index is 1280. The van der Waals surface area contributed by atoms with E-state index < -0.39 is 94.9 Å². The van der Waals surface area contributed by atoms with E-state index >= 15 is 0 Å².